The zero-order valence-electron chi connectivity index (χ0n) is 67.4. The number of aromatic amines is 1. The van der Waals surface area contributed by atoms with Gasteiger partial charge in [-0.1, -0.05) is 39.7 Å². The van der Waals surface area contributed by atoms with Crippen molar-refractivity contribution in [2.24, 2.45) is 0 Å². The Hall–Kier alpha value is -5.42. The Morgan fingerprint density at radius 3 is 1.25 bits per heavy atom. The van der Waals surface area contributed by atoms with Crippen LogP contribution in [0.2, 0.25) is 0 Å². The van der Waals surface area contributed by atoms with Gasteiger partial charge in [-0.2, -0.15) is 0 Å². The van der Waals surface area contributed by atoms with E-state index in [1.165, 1.54) is 82.2 Å². The Morgan fingerprint density at radius 2 is 0.857 bits per heavy atom. The van der Waals surface area contributed by atoms with Gasteiger partial charge in [-0.15, -0.1) is 65.9 Å². The number of aromatic nitrogens is 2. The summed E-state index contributed by atoms with van der Waals surface area (Å²) in [5, 5.41) is 104. The van der Waals surface area contributed by atoms with Crippen LogP contribution < -0.4 is 32.5 Å². The van der Waals surface area contributed by atoms with Gasteiger partial charge in [-0.3, -0.25) is 33.5 Å². The van der Waals surface area contributed by atoms with E-state index in [1.807, 2.05) is 6.92 Å². The van der Waals surface area contributed by atoms with E-state index in [4.69, 9.17) is 28.4 Å². The number of H-pyrrole nitrogens is 1. The van der Waals surface area contributed by atoms with Crippen LogP contribution in [0.25, 0.3) is 0 Å². The summed E-state index contributed by atoms with van der Waals surface area (Å²) in [7, 11) is 0. The molecular weight excluding hydrogens is 1540 g/mol. The molecule has 10 aliphatic heterocycles. The molecule has 112 heavy (non-hydrogen) atoms. The lowest BCUT2D eigenvalue weighted by atomic mass is 9.94. The number of amides is 4. The zero-order chi connectivity index (χ0) is 84.3. The minimum atomic E-state index is -1.47. The van der Waals surface area contributed by atoms with Crippen molar-refractivity contribution in [3.8, 4) is 0 Å². The first kappa shape index (κ1) is 93.7. The molecule has 0 aromatic carbocycles. The highest BCUT2D eigenvalue weighted by molar-refractivity contribution is 7.73. The Bertz CT molecular complexity index is 4040. The van der Waals surface area contributed by atoms with E-state index in [1.54, 1.807) is 18.0 Å². The predicted molar refractivity (Wildman–Crippen MR) is 450 cm³/mol. The quantitative estimate of drug-likeness (QED) is 0.0733. The highest BCUT2D eigenvalue weighted by atomic mass is 31.2. The fraction of sp³-hybridized carbons (Fsp3) is 0.618. The molecule has 5 unspecified atom stereocenters. The lowest BCUT2D eigenvalue weighted by Crippen LogP contribution is -2.53. The first-order valence-corrected chi connectivity index (χ1v) is 52.4. The van der Waals surface area contributed by atoms with Crippen LogP contribution in [0, 0.1) is 0 Å². The minimum Gasteiger partial charge on any atom is -0.388 e. The van der Waals surface area contributed by atoms with Gasteiger partial charge in [0.05, 0.1) is 30.5 Å². The van der Waals surface area contributed by atoms with Crippen LogP contribution in [0.3, 0.4) is 0 Å². The summed E-state index contributed by atoms with van der Waals surface area (Å²) >= 11 is 0. The average molecular weight is 1670 g/mol. The van der Waals surface area contributed by atoms with E-state index in [2.05, 4.69) is 151 Å². The molecule has 6 fully saturated rings. The summed E-state index contributed by atoms with van der Waals surface area (Å²) in [6.07, 6.45) is 29.6. The molecule has 1 aromatic heterocycles. The van der Waals surface area contributed by atoms with E-state index in [0.29, 0.717) is 67.6 Å². The molecule has 31 nitrogen and oxygen atoms in total. The van der Waals surface area contributed by atoms with Crippen molar-refractivity contribution in [1.29, 1.82) is 0 Å². The third-order valence-corrected chi connectivity index (χ3v) is 27.9. The van der Waals surface area contributed by atoms with E-state index in [9.17, 15) is 74.7 Å². The second-order valence-corrected chi connectivity index (χ2v) is 56.0. The first-order chi connectivity index (χ1) is 51.4. The van der Waals surface area contributed by atoms with Crippen molar-refractivity contribution in [2.45, 2.75) is 193 Å². The van der Waals surface area contributed by atoms with Crippen LogP contribution >= 0.6 is 34.4 Å². The predicted octanol–water partition coefficient (Wildman–Crippen LogP) is 1.58. The second kappa shape index (κ2) is 36.6. The number of hydrogen-bond donors (Lipinski definition) is 14. The smallest absolute Gasteiger partial charge is 0.330 e. The molecule has 20 atom stereocenters. The van der Waals surface area contributed by atoms with Gasteiger partial charge in [-0.05, 0) is 157 Å². The Balaban J connectivity index is 0.000000194. The highest BCUT2D eigenvalue weighted by Crippen LogP contribution is 2.50. The minimum absolute atomic E-state index is 0.218. The summed E-state index contributed by atoms with van der Waals surface area (Å²) < 4.78 is 36.6. The normalized spacial score (nSPS) is 34.5. The third kappa shape index (κ3) is 23.7. The van der Waals surface area contributed by atoms with Crippen molar-refractivity contribution < 1.29 is 93.6 Å². The number of aliphatic hydroxyl groups is 9. The zero-order valence-corrected chi connectivity index (χ0v) is 71.9. The van der Waals surface area contributed by atoms with E-state index < -0.39 is 166 Å². The summed E-state index contributed by atoms with van der Waals surface area (Å²) in [5.74, 6) is 0.328. The maximum atomic E-state index is 12.1. The van der Waals surface area contributed by atoms with Crippen LogP contribution in [-0.4, -0.2) is 349 Å². The number of carbonyl (C=O) groups excluding carboxylic acids is 4. The van der Waals surface area contributed by atoms with Crippen molar-refractivity contribution in [3.63, 3.8) is 0 Å². The molecule has 4 amide bonds. The molecule has 14 N–H and O–H groups in total. The fourth-order valence-corrected chi connectivity index (χ4v) is 18.7. The van der Waals surface area contributed by atoms with E-state index in [0.717, 1.165) is 43.7 Å². The van der Waals surface area contributed by atoms with Crippen LogP contribution in [0.4, 0.5) is 0 Å². The number of aliphatic hydroxyl groups excluding tert-OH is 7. The number of carbonyl (C=O) groups is 4. The molecule has 0 saturated carbocycles. The molecular formula is C76H125N10O21P5. The van der Waals surface area contributed by atoms with Gasteiger partial charge in [0.25, 0.3) is 29.2 Å². The van der Waals surface area contributed by atoms with Crippen LogP contribution in [0.15, 0.2) is 114 Å². The summed E-state index contributed by atoms with van der Waals surface area (Å²) in [4.78, 5) is 77.6. The van der Waals surface area contributed by atoms with E-state index in [-0.39, 0.29) is 23.6 Å². The molecule has 2 bridgehead atoms. The topological polar surface area (TPSA) is 422 Å². The number of ether oxygens (including phenoxy) is 6. The van der Waals surface area contributed by atoms with E-state index >= 15 is 0 Å². The largest absolute Gasteiger partial charge is 0.388 e. The maximum absolute atomic E-state index is 12.1. The molecule has 11 heterocycles. The maximum Gasteiger partial charge on any atom is 0.330 e. The van der Waals surface area contributed by atoms with Crippen molar-refractivity contribution in [3.05, 3.63) is 131 Å². The second-order valence-electron chi connectivity index (χ2n) is 34.4. The molecule has 6 saturated heterocycles. The number of aryl methyl sites for hydroxylation is 1. The molecule has 0 spiro atoms. The van der Waals surface area contributed by atoms with Gasteiger partial charge in [-0.25, -0.2) is 4.79 Å². The highest BCUT2D eigenvalue weighted by Gasteiger charge is 2.63. The average Bonchev–Trinajstić information content (AvgIpc) is 1.58. The first-order valence-electron chi connectivity index (χ1n) is 37.2. The van der Waals surface area contributed by atoms with Crippen LogP contribution in [-0.2, 0) is 54.0 Å². The van der Waals surface area contributed by atoms with Crippen LogP contribution in [0.1, 0.15) is 78.0 Å². The number of hydrogen-bond acceptors (Lipinski definition) is 25. The van der Waals surface area contributed by atoms with Gasteiger partial charge in [0, 0.05) is 60.9 Å². The van der Waals surface area contributed by atoms with Gasteiger partial charge >= 0.3 is 5.69 Å². The molecule has 10 aliphatic rings. The monoisotopic (exact) mass is 1670 g/mol. The standard InChI is InChI=1S/C16H27N2O5P.C15H23N2O4P.3C15H25N2O4P/c1-5-6-10-9-18(16(22)17-14(10)21)15-13(20)12(19)11(23-15)7-8-24(2,3)4;1-10-16-11(18)5-7-17(10)14-12-13(19)15(21-14,9-20-12)6-8-22(2,3)4;2*1-10-16-12(18)6-8-17(10)14-15(2,20)13(19)11(21-14)7-9-22(3,4)5;1-10-16-11(18)6-8-17(10)14-12(19)13(20)15(2,21-14)7-9-22(3,4)5/h9,11-13,15,19-20H,2,5-8H2,1,3-4H3,(H,17,21,22);5,7,12-14,19H,1-2,6,8-9H2,3-4H3,(H,16,18);2*6,8,11,13-14,19-20H,1,3,7,9H2,2,4-5H3,(H,16,18);6,8,12-14,19-20H,1,3,7,9H2,2,4-5H3,(H,16,18)/t11-,12-,13-,15?;12-,13+,14?,15+;11-,13-,14?,15+;11-,13-,14?,15-;12-,13+,14?,15-/m11111/s1. The summed E-state index contributed by atoms with van der Waals surface area (Å²) in [5.41, 5.74) is -5.09. The Labute approximate surface area is 659 Å². The number of nitrogens with zero attached hydrogens (tertiary/aromatic N) is 5. The molecule has 36 heteroatoms. The van der Waals surface area contributed by atoms with Gasteiger partial charge < -0.3 is 115 Å². The lowest BCUT2D eigenvalue weighted by molar-refractivity contribution is -0.182. The summed E-state index contributed by atoms with van der Waals surface area (Å²) in [6.45, 7) is 37.3. The molecule has 11 rings (SSSR count). The van der Waals surface area contributed by atoms with Gasteiger partial charge in [0.2, 0.25) is 0 Å². The lowest BCUT2D eigenvalue weighted by Gasteiger charge is -2.38. The van der Waals surface area contributed by atoms with Crippen molar-refractivity contribution in [1.82, 2.24) is 50.4 Å². The third-order valence-electron chi connectivity index (χ3n) is 20.6. The van der Waals surface area contributed by atoms with Gasteiger partial charge in [0.1, 0.15) is 88.9 Å². The Morgan fingerprint density at radius 1 is 0.473 bits per heavy atom. The van der Waals surface area contributed by atoms with Crippen molar-refractivity contribution in [2.75, 3.05) is 104 Å². The fourth-order valence-electron chi connectivity index (χ4n) is 13.8. The van der Waals surface area contributed by atoms with Crippen LogP contribution in [0.5, 0.6) is 0 Å². The number of fused-ring (bicyclic) bond motifs is 2. The Kier molecular flexibility index (Phi) is 30.6. The summed E-state index contributed by atoms with van der Waals surface area (Å²) in [6, 6.07) is 0. The number of nitrogens with one attached hydrogen (secondary N) is 5. The van der Waals surface area contributed by atoms with Gasteiger partial charge in [0.15, 0.2) is 31.1 Å². The molecule has 630 valence electrons. The SMILES string of the molecule is C=C1NC(=O)C=CN1C1O[C@@]2(CCP(=C)(C)C)CO[C@@H]1[C@@H]2O.C=C1NC(=O)C=CN1C1O[C@H](CCP(=C)(C)C)[C@@H](O)[C@@]1(C)O.C=C1NC(=O)C=CN1C1O[C@H](CCP(=C)(C)C)[C@@H](O)[C@]1(C)O.C=C1NC(=O)C=CN1C1O[C@](C)(CCP(=C)(C)C)[C@@H](O)[C@H]1O.C=P(C)(C)CC[C@H]1OC(n2cc(CCC)c(=O)[nH]c2=O)[C@H](O)[C@@H]1O. The van der Waals surface area contributed by atoms with Crippen molar-refractivity contribution >= 4 is 89.6 Å². The molecule has 0 radical (unpaired) electrons. The number of rotatable bonds is 22. The molecule has 1 aromatic rings. The molecule has 0 aliphatic carbocycles.